The average Bonchev–Trinajstić information content (AvgIpc) is 2.36. The molecule has 0 bridgehead atoms. The van der Waals surface area contributed by atoms with E-state index in [0.29, 0.717) is 5.69 Å². The lowest BCUT2D eigenvalue weighted by atomic mass is 10.2. The van der Waals surface area contributed by atoms with Crippen LogP contribution >= 0.6 is 0 Å². The number of aliphatic hydroxyl groups is 1. The van der Waals surface area contributed by atoms with Crippen LogP contribution in [0.25, 0.3) is 0 Å². The van der Waals surface area contributed by atoms with Crippen LogP contribution in [-0.2, 0) is 9.59 Å². The Balaban J connectivity index is 2.40. The smallest absolute Gasteiger partial charge is 0.313 e. The molecule has 3 N–H and O–H groups in total. The number of para-hydroxylation sites is 1. The second kappa shape index (κ2) is 6.65. The van der Waals surface area contributed by atoms with Gasteiger partial charge in [-0.15, -0.1) is 0 Å². The van der Waals surface area contributed by atoms with Crippen molar-refractivity contribution in [2.45, 2.75) is 6.92 Å². The fourth-order valence-corrected chi connectivity index (χ4v) is 1.12. The van der Waals surface area contributed by atoms with Crippen molar-refractivity contribution < 1.29 is 14.7 Å². The first-order chi connectivity index (χ1) is 8.13. The number of hydrogen-bond donors (Lipinski definition) is 3. The molecule has 1 aromatic carbocycles. The molecule has 17 heavy (non-hydrogen) atoms. The quantitative estimate of drug-likeness (QED) is 0.661. The lowest BCUT2D eigenvalue weighted by molar-refractivity contribution is -0.136. The van der Waals surface area contributed by atoms with Crippen LogP contribution in [0.2, 0.25) is 0 Å². The van der Waals surface area contributed by atoms with Gasteiger partial charge in [0.25, 0.3) is 0 Å². The predicted octanol–water partition coefficient (Wildman–Crippen LogP) is 0.370. The normalized spacial score (nSPS) is 11.6. The molecule has 0 aliphatic carbocycles. The van der Waals surface area contributed by atoms with Crippen molar-refractivity contribution in [2.75, 3.05) is 18.5 Å². The second-order valence-electron chi connectivity index (χ2n) is 3.82. The van der Waals surface area contributed by atoms with E-state index in [-0.39, 0.29) is 19.1 Å². The van der Waals surface area contributed by atoms with Gasteiger partial charge in [0.05, 0.1) is 0 Å². The fraction of sp³-hybridized carbons (Fsp3) is 0.333. The summed E-state index contributed by atoms with van der Waals surface area (Å²) in [5.74, 6) is -1.47. The number of rotatable bonds is 4. The summed E-state index contributed by atoms with van der Waals surface area (Å²) in [7, 11) is 0. The minimum absolute atomic E-state index is 0.0272. The first-order valence-corrected chi connectivity index (χ1v) is 5.38. The van der Waals surface area contributed by atoms with Gasteiger partial charge in [-0.1, -0.05) is 25.1 Å². The largest absolute Gasteiger partial charge is 0.396 e. The van der Waals surface area contributed by atoms with Gasteiger partial charge in [-0.2, -0.15) is 0 Å². The molecule has 0 spiro atoms. The molecule has 0 aliphatic heterocycles. The van der Waals surface area contributed by atoms with Crippen LogP contribution in [0, 0.1) is 5.92 Å². The van der Waals surface area contributed by atoms with Gasteiger partial charge in [-0.3, -0.25) is 9.59 Å². The molecule has 5 nitrogen and oxygen atoms in total. The van der Waals surface area contributed by atoms with Gasteiger partial charge in [0, 0.05) is 18.8 Å². The van der Waals surface area contributed by atoms with E-state index >= 15 is 0 Å². The Labute approximate surface area is 99.8 Å². The van der Waals surface area contributed by atoms with Crippen LogP contribution in [0.3, 0.4) is 0 Å². The summed E-state index contributed by atoms with van der Waals surface area (Å²) in [5.41, 5.74) is 0.572. The highest BCUT2D eigenvalue weighted by molar-refractivity contribution is 6.39. The number of benzene rings is 1. The third-order valence-corrected chi connectivity index (χ3v) is 2.16. The molecule has 0 saturated heterocycles. The molecular weight excluding hydrogens is 220 g/mol. The Morgan fingerprint density at radius 2 is 1.88 bits per heavy atom. The number of carbonyl (C=O) groups is 2. The van der Waals surface area contributed by atoms with Crippen molar-refractivity contribution in [3.05, 3.63) is 30.3 Å². The molecule has 0 radical (unpaired) electrons. The van der Waals surface area contributed by atoms with Gasteiger partial charge in [0.2, 0.25) is 0 Å². The molecular formula is C12H16N2O3. The Morgan fingerprint density at radius 1 is 1.24 bits per heavy atom. The third kappa shape index (κ3) is 4.65. The van der Waals surface area contributed by atoms with Crippen molar-refractivity contribution in [1.82, 2.24) is 5.32 Å². The summed E-state index contributed by atoms with van der Waals surface area (Å²) in [6, 6.07) is 8.74. The van der Waals surface area contributed by atoms with E-state index in [1.165, 1.54) is 0 Å². The monoisotopic (exact) mass is 236 g/mol. The van der Waals surface area contributed by atoms with E-state index in [1.807, 2.05) is 6.07 Å². The van der Waals surface area contributed by atoms with Crippen molar-refractivity contribution in [1.29, 1.82) is 0 Å². The second-order valence-corrected chi connectivity index (χ2v) is 3.82. The Morgan fingerprint density at radius 3 is 2.47 bits per heavy atom. The SMILES string of the molecule is CC(CO)CNC(=O)C(=O)Nc1ccccc1. The molecule has 0 heterocycles. The molecule has 92 valence electrons. The summed E-state index contributed by atoms with van der Waals surface area (Å²) >= 11 is 0. The van der Waals surface area contributed by atoms with Gasteiger partial charge in [-0.25, -0.2) is 0 Å². The van der Waals surface area contributed by atoms with Crippen LogP contribution in [0.4, 0.5) is 5.69 Å². The van der Waals surface area contributed by atoms with Gasteiger partial charge in [0.1, 0.15) is 0 Å². The van der Waals surface area contributed by atoms with Gasteiger partial charge in [-0.05, 0) is 18.1 Å². The first-order valence-electron chi connectivity index (χ1n) is 5.38. The van der Waals surface area contributed by atoms with Gasteiger partial charge >= 0.3 is 11.8 Å². The Bertz CT molecular complexity index is 379. The van der Waals surface area contributed by atoms with E-state index in [9.17, 15) is 9.59 Å². The Hall–Kier alpha value is -1.88. The highest BCUT2D eigenvalue weighted by Crippen LogP contribution is 2.04. The van der Waals surface area contributed by atoms with Crippen molar-refractivity contribution >= 4 is 17.5 Å². The summed E-state index contributed by atoms with van der Waals surface area (Å²) in [6.07, 6.45) is 0. The summed E-state index contributed by atoms with van der Waals surface area (Å²) in [6.45, 7) is 2.02. The third-order valence-electron chi connectivity index (χ3n) is 2.16. The number of carbonyl (C=O) groups excluding carboxylic acids is 2. The van der Waals surface area contributed by atoms with Crippen LogP contribution in [0.15, 0.2) is 30.3 Å². The topological polar surface area (TPSA) is 78.4 Å². The van der Waals surface area contributed by atoms with Crippen LogP contribution in [-0.4, -0.2) is 30.1 Å². The number of anilines is 1. The highest BCUT2D eigenvalue weighted by Gasteiger charge is 2.13. The molecule has 1 unspecified atom stereocenters. The first kappa shape index (κ1) is 13.2. The lowest BCUT2D eigenvalue weighted by Gasteiger charge is -2.09. The van der Waals surface area contributed by atoms with E-state index in [0.717, 1.165) is 0 Å². The molecule has 1 aromatic rings. The van der Waals surface area contributed by atoms with E-state index in [2.05, 4.69) is 10.6 Å². The minimum Gasteiger partial charge on any atom is -0.396 e. The molecule has 0 fully saturated rings. The maximum absolute atomic E-state index is 11.4. The maximum Gasteiger partial charge on any atom is 0.313 e. The van der Waals surface area contributed by atoms with Crippen molar-refractivity contribution in [2.24, 2.45) is 5.92 Å². The number of hydrogen-bond acceptors (Lipinski definition) is 3. The lowest BCUT2D eigenvalue weighted by Crippen LogP contribution is -2.38. The van der Waals surface area contributed by atoms with Crippen LogP contribution < -0.4 is 10.6 Å². The minimum atomic E-state index is -0.707. The van der Waals surface area contributed by atoms with Gasteiger partial charge in [0.15, 0.2) is 0 Å². The molecule has 5 heteroatoms. The molecule has 1 rings (SSSR count). The molecule has 1 atom stereocenters. The predicted molar refractivity (Wildman–Crippen MR) is 64.3 cm³/mol. The van der Waals surface area contributed by atoms with Gasteiger partial charge < -0.3 is 15.7 Å². The average molecular weight is 236 g/mol. The van der Waals surface area contributed by atoms with Crippen LogP contribution in [0.5, 0.6) is 0 Å². The number of aliphatic hydroxyl groups excluding tert-OH is 1. The Kier molecular flexibility index (Phi) is 5.16. The molecule has 0 aromatic heterocycles. The van der Waals surface area contributed by atoms with E-state index < -0.39 is 11.8 Å². The molecule has 0 saturated carbocycles. The zero-order valence-corrected chi connectivity index (χ0v) is 9.64. The maximum atomic E-state index is 11.4. The molecule has 2 amide bonds. The van der Waals surface area contributed by atoms with Crippen molar-refractivity contribution in [3.63, 3.8) is 0 Å². The van der Waals surface area contributed by atoms with Crippen molar-refractivity contribution in [3.8, 4) is 0 Å². The number of nitrogens with one attached hydrogen (secondary N) is 2. The zero-order chi connectivity index (χ0) is 12.7. The van der Waals surface area contributed by atoms with E-state index in [1.54, 1.807) is 31.2 Å². The molecule has 0 aliphatic rings. The summed E-state index contributed by atoms with van der Waals surface area (Å²) in [4.78, 5) is 22.8. The fourth-order valence-electron chi connectivity index (χ4n) is 1.12. The number of amides is 2. The standard InChI is InChI=1S/C12H16N2O3/c1-9(8-15)7-13-11(16)12(17)14-10-5-3-2-4-6-10/h2-6,9,15H,7-8H2,1H3,(H,13,16)(H,14,17). The summed E-state index contributed by atoms with van der Waals surface area (Å²) in [5, 5.41) is 13.7. The zero-order valence-electron chi connectivity index (χ0n) is 9.64. The van der Waals surface area contributed by atoms with E-state index in [4.69, 9.17) is 5.11 Å². The highest BCUT2D eigenvalue weighted by atomic mass is 16.3. The summed E-state index contributed by atoms with van der Waals surface area (Å²) < 4.78 is 0. The van der Waals surface area contributed by atoms with Crippen LogP contribution in [0.1, 0.15) is 6.92 Å².